The second kappa shape index (κ2) is 7.61. The zero-order chi connectivity index (χ0) is 10.1. The van der Waals surface area contributed by atoms with Gasteiger partial charge in [0.1, 0.15) is 0 Å². The molecule has 0 aliphatic rings. The van der Waals surface area contributed by atoms with Gasteiger partial charge in [-0.3, -0.25) is 0 Å². The van der Waals surface area contributed by atoms with E-state index in [1.165, 1.54) is 13.4 Å². The zero-order valence-corrected chi connectivity index (χ0v) is 8.33. The summed E-state index contributed by atoms with van der Waals surface area (Å²) in [4.78, 5) is 11.2. The number of esters is 1. The normalized spacial score (nSPS) is 11.2. The number of carbonyl (C=O) groups excluding carboxylic acids is 1. The first-order chi connectivity index (χ1) is 6.26. The minimum atomic E-state index is -0.391. The molecule has 0 bridgehead atoms. The number of rotatable bonds is 6. The third-order valence-electron chi connectivity index (χ3n) is 1.26. The predicted octanol–water partition coefficient (Wildman–Crippen LogP) is 1.12. The van der Waals surface area contributed by atoms with Gasteiger partial charge >= 0.3 is 5.97 Å². The standard InChI is InChI=1S/C9H16O4/c1-4-12-7-8(6-11-3)9(10)13-5-2/h6H,4-5,7H2,1-3H3/b8-6+. The first kappa shape index (κ1) is 12.0. The van der Waals surface area contributed by atoms with Crippen LogP contribution in [0.3, 0.4) is 0 Å². The van der Waals surface area contributed by atoms with E-state index in [0.717, 1.165) is 0 Å². The fraction of sp³-hybridized carbons (Fsp3) is 0.667. The number of carbonyl (C=O) groups is 1. The highest BCUT2D eigenvalue weighted by atomic mass is 16.5. The fourth-order valence-electron chi connectivity index (χ4n) is 0.719. The van der Waals surface area contributed by atoms with Gasteiger partial charge in [0.25, 0.3) is 0 Å². The van der Waals surface area contributed by atoms with Crippen molar-refractivity contribution in [3.8, 4) is 0 Å². The Bertz CT molecular complexity index is 174. The average Bonchev–Trinajstić information content (AvgIpc) is 2.12. The van der Waals surface area contributed by atoms with Crippen LogP contribution in [-0.4, -0.2) is 32.9 Å². The maximum absolute atomic E-state index is 11.2. The monoisotopic (exact) mass is 188 g/mol. The van der Waals surface area contributed by atoms with Crippen molar-refractivity contribution in [2.75, 3.05) is 26.9 Å². The summed E-state index contributed by atoms with van der Waals surface area (Å²) in [6, 6.07) is 0. The van der Waals surface area contributed by atoms with E-state index in [4.69, 9.17) is 14.2 Å². The largest absolute Gasteiger partial charge is 0.504 e. The Labute approximate surface area is 78.5 Å². The van der Waals surface area contributed by atoms with Crippen LogP contribution >= 0.6 is 0 Å². The molecule has 0 aromatic carbocycles. The summed E-state index contributed by atoms with van der Waals surface area (Å²) in [5, 5.41) is 0. The number of ether oxygens (including phenoxy) is 3. The lowest BCUT2D eigenvalue weighted by Gasteiger charge is -2.05. The maximum atomic E-state index is 11.2. The van der Waals surface area contributed by atoms with Gasteiger partial charge in [-0.1, -0.05) is 0 Å². The van der Waals surface area contributed by atoms with Crippen molar-refractivity contribution in [3.05, 3.63) is 11.8 Å². The average molecular weight is 188 g/mol. The first-order valence-electron chi connectivity index (χ1n) is 4.22. The van der Waals surface area contributed by atoms with Crippen LogP contribution in [0.4, 0.5) is 0 Å². The van der Waals surface area contributed by atoms with Crippen LogP contribution in [0, 0.1) is 0 Å². The van der Waals surface area contributed by atoms with Crippen molar-refractivity contribution in [1.29, 1.82) is 0 Å². The lowest BCUT2D eigenvalue weighted by Crippen LogP contribution is -2.13. The van der Waals surface area contributed by atoms with Crippen molar-refractivity contribution in [3.63, 3.8) is 0 Å². The van der Waals surface area contributed by atoms with E-state index in [0.29, 0.717) is 18.8 Å². The van der Waals surface area contributed by atoms with E-state index >= 15 is 0 Å². The van der Waals surface area contributed by atoms with Crippen LogP contribution in [0.25, 0.3) is 0 Å². The number of hydrogen-bond acceptors (Lipinski definition) is 4. The third kappa shape index (κ3) is 5.25. The molecule has 0 unspecified atom stereocenters. The van der Waals surface area contributed by atoms with Gasteiger partial charge < -0.3 is 14.2 Å². The maximum Gasteiger partial charge on any atom is 0.339 e. The van der Waals surface area contributed by atoms with E-state index < -0.39 is 5.97 Å². The van der Waals surface area contributed by atoms with Gasteiger partial charge in [-0.15, -0.1) is 0 Å². The van der Waals surface area contributed by atoms with Crippen LogP contribution in [0.2, 0.25) is 0 Å². The lowest BCUT2D eigenvalue weighted by molar-refractivity contribution is -0.139. The highest BCUT2D eigenvalue weighted by molar-refractivity contribution is 5.88. The molecule has 0 saturated heterocycles. The van der Waals surface area contributed by atoms with E-state index in [9.17, 15) is 4.79 Å². The molecule has 0 heterocycles. The van der Waals surface area contributed by atoms with Gasteiger partial charge in [0.15, 0.2) is 0 Å². The molecule has 4 heteroatoms. The smallest absolute Gasteiger partial charge is 0.339 e. The van der Waals surface area contributed by atoms with E-state index in [2.05, 4.69) is 0 Å². The Kier molecular flexibility index (Phi) is 7.01. The molecule has 0 N–H and O–H groups in total. The first-order valence-corrected chi connectivity index (χ1v) is 4.22. The molecular weight excluding hydrogens is 172 g/mol. The van der Waals surface area contributed by atoms with E-state index in [-0.39, 0.29) is 6.61 Å². The number of methoxy groups -OCH3 is 1. The van der Waals surface area contributed by atoms with Crippen LogP contribution in [0.5, 0.6) is 0 Å². The second-order valence-electron chi connectivity index (χ2n) is 2.24. The van der Waals surface area contributed by atoms with Gasteiger partial charge in [0.2, 0.25) is 0 Å². The Morgan fingerprint density at radius 3 is 2.46 bits per heavy atom. The Balaban J connectivity index is 4.08. The molecular formula is C9H16O4. The molecule has 0 spiro atoms. The SMILES string of the molecule is CCOC/C(=C\OC)C(=O)OCC. The second-order valence-corrected chi connectivity index (χ2v) is 2.24. The summed E-state index contributed by atoms with van der Waals surface area (Å²) < 4.78 is 14.6. The Morgan fingerprint density at radius 2 is 2.00 bits per heavy atom. The molecule has 0 radical (unpaired) electrons. The van der Waals surface area contributed by atoms with Crippen molar-refractivity contribution in [1.82, 2.24) is 0 Å². The Morgan fingerprint density at radius 1 is 1.31 bits per heavy atom. The summed E-state index contributed by atoms with van der Waals surface area (Å²) in [7, 11) is 1.48. The number of hydrogen-bond donors (Lipinski definition) is 0. The minimum Gasteiger partial charge on any atom is -0.504 e. The quantitative estimate of drug-likeness (QED) is 0.356. The fourth-order valence-corrected chi connectivity index (χ4v) is 0.719. The molecule has 13 heavy (non-hydrogen) atoms. The summed E-state index contributed by atoms with van der Waals surface area (Å²) in [5.41, 5.74) is 0.395. The zero-order valence-electron chi connectivity index (χ0n) is 8.33. The molecule has 0 aromatic rings. The van der Waals surface area contributed by atoms with Gasteiger partial charge in [-0.2, -0.15) is 0 Å². The van der Waals surface area contributed by atoms with E-state index in [1.54, 1.807) is 6.92 Å². The van der Waals surface area contributed by atoms with Crippen molar-refractivity contribution < 1.29 is 19.0 Å². The predicted molar refractivity (Wildman–Crippen MR) is 48.2 cm³/mol. The molecule has 0 aliphatic heterocycles. The lowest BCUT2D eigenvalue weighted by atomic mass is 10.3. The van der Waals surface area contributed by atoms with Gasteiger partial charge in [-0.25, -0.2) is 4.79 Å². The minimum absolute atomic E-state index is 0.225. The van der Waals surface area contributed by atoms with E-state index in [1.807, 2.05) is 6.92 Å². The molecule has 76 valence electrons. The highest BCUT2D eigenvalue weighted by Gasteiger charge is 2.10. The molecule has 0 aliphatic carbocycles. The summed E-state index contributed by atoms with van der Waals surface area (Å²) in [6.07, 6.45) is 1.34. The van der Waals surface area contributed by atoms with Crippen molar-refractivity contribution in [2.45, 2.75) is 13.8 Å². The topological polar surface area (TPSA) is 44.8 Å². The molecule has 0 fully saturated rings. The van der Waals surface area contributed by atoms with Crippen LogP contribution < -0.4 is 0 Å². The van der Waals surface area contributed by atoms with Crippen LogP contribution in [0.1, 0.15) is 13.8 Å². The van der Waals surface area contributed by atoms with Gasteiger partial charge in [0.05, 0.1) is 32.2 Å². The molecule has 0 amide bonds. The summed E-state index contributed by atoms with van der Waals surface area (Å²) in [5.74, 6) is -0.391. The molecule has 0 aromatic heterocycles. The molecule has 0 atom stereocenters. The van der Waals surface area contributed by atoms with Gasteiger partial charge in [-0.05, 0) is 13.8 Å². The van der Waals surface area contributed by atoms with Crippen molar-refractivity contribution in [2.24, 2.45) is 0 Å². The molecule has 0 saturated carbocycles. The third-order valence-corrected chi connectivity index (χ3v) is 1.26. The summed E-state index contributed by atoms with van der Waals surface area (Å²) in [6.45, 7) is 4.74. The van der Waals surface area contributed by atoms with Crippen molar-refractivity contribution >= 4 is 5.97 Å². The van der Waals surface area contributed by atoms with Gasteiger partial charge in [0, 0.05) is 6.61 Å². The Hall–Kier alpha value is -1.03. The molecule has 0 rings (SSSR count). The highest BCUT2D eigenvalue weighted by Crippen LogP contribution is 1.99. The van der Waals surface area contributed by atoms with Crippen LogP contribution in [0.15, 0.2) is 11.8 Å². The van der Waals surface area contributed by atoms with Crippen LogP contribution in [-0.2, 0) is 19.0 Å². The molecule has 4 nitrogen and oxygen atoms in total. The summed E-state index contributed by atoms with van der Waals surface area (Å²) >= 11 is 0.